The smallest absolute Gasteiger partial charge is 0.124 e. The second-order valence-corrected chi connectivity index (χ2v) is 4.63. The van der Waals surface area contributed by atoms with E-state index in [-0.39, 0.29) is 11.9 Å². The molecular formula is C15H15ClN2O. The normalized spacial score (nSPS) is 11.9. The maximum Gasteiger partial charge on any atom is 0.124 e. The van der Waals surface area contributed by atoms with Gasteiger partial charge in [-0.2, -0.15) is 0 Å². The largest absolute Gasteiger partial charge is 0.486 e. The Morgan fingerprint density at radius 1 is 1.21 bits per heavy atom. The Kier molecular flexibility index (Phi) is 4.07. The summed E-state index contributed by atoms with van der Waals surface area (Å²) in [5.74, 6) is 0.610. The summed E-state index contributed by atoms with van der Waals surface area (Å²) in [5, 5.41) is 7.80. The van der Waals surface area contributed by atoms with E-state index >= 15 is 0 Å². The molecule has 0 fully saturated rings. The number of halogens is 1. The molecule has 0 aliphatic carbocycles. The van der Waals surface area contributed by atoms with Crippen LogP contribution in [0.25, 0.3) is 0 Å². The van der Waals surface area contributed by atoms with Crippen LogP contribution >= 0.6 is 11.6 Å². The van der Waals surface area contributed by atoms with Crippen molar-refractivity contribution in [3.63, 3.8) is 0 Å². The van der Waals surface area contributed by atoms with Crippen molar-refractivity contribution in [2.75, 3.05) is 0 Å². The van der Waals surface area contributed by atoms with Crippen molar-refractivity contribution in [2.24, 2.45) is 5.73 Å². The molecule has 1 unspecified atom stereocenters. The fourth-order valence-corrected chi connectivity index (χ4v) is 2.06. The maximum atomic E-state index is 7.38. The summed E-state index contributed by atoms with van der Waals surface area (Å²) < 4.78 is 5.82. The highest BCUT2D eigenvalue weighted by molar-refractivity contribution is 6.34. The van der Waals surface area contributed by atoms with Gasteiger partial charge in [0.2, 0.25) is 0 Å². The van der Waals surface area contributed by atoms with Crippen LogP contribution in [-0.4, -0.2) is 5.84 Å². The summed E-state index contributed by atoms with van der Waals surface area (Å²) in [4.78, 5) is 0. The van der Waals surface area contributed by atoms with Crippen LogP contribution in [0.2, 0.25) is 5.02 Å². The molecule has 0 saturated carbocycles. The third kappa shape index (κ3) is 3.26. The second kappa shape index (κ2) is 5.76. The van der Waals surface area contributed by atoms with Gasteiger partial charge in [0.15, 0.2) is 0 Å². The van der Waals surface area contributed by atoms with Gasteiger partial charge in [-0.3, -0.25) is 5.41 Å². The Morgan fingerprint density at radius 3 is 2.47 bits per heavy atom. The van der Waals surface area contributed by atoms with Gasteiger partial charge in [-0.1, -0.05) is 41.9 Å². The number of ether oxygens (including phenoxy) is 1. The molecule has 3 nitrogen and oxygen atoms in total. The summed E-state index contributed by atoms with van der Waals surface area (Å²) >= 11 is 6.05. The third-order valence-corrected chi connectivity index (χ3v) is 3.13. The summed E-state index contributed by atoms with van der Waals surface area (Å²) in [6.45, 7) is 1.97. The highest BCUT2D eigenvalue weighted by Gasteiger charge is 2.09. The first-order valence-electron chi connectivity index (χ1n) is 5.93. The van der Waals surface area contributed by atoms with Gasteiger partial charge < -0.3 is 10.5 Å². The van der Waals surface area contributed by atoms with E-state index in [4.69, 9.17) is 27.5 Å². The van der Waals surface area contributed by atoms with Gasteiger partial charge in [-0.15, -0.1) is 0 Å². The highest BCUT2D eigenvalue weighted by atomic mass is 35.5. The number of nitrogens with one attached hydrogen (secondary N) is 1. The van der Waals surface area contributed by atoms with Crippen LogP contribution in [0, 0.1) is 5.41 Å². The fourth-order valence-electron chi connectivity index (χ4n) is 1.78. The highest BCUT2D eigenvalue weighted by Crippen LogP contribution is 2.26. The van der Waals surface area contributed by atoms with Gasteiger partial charge in [0, 0.05) is 5.56 Å². The molecular weight excluding hydrogens is 260 g/mol. The molecule has 4 heteroatoms. The lowest BCUT2D eigenvalue weighted by atomic mass is 10.1. The second-order valence-electron chi connectivity index (χ2n) is 4.23. The number of hydrogen-bond acceptors (Lipinski definition) is 2. The number of hydrogen-bond donors (Lipinski definition) is 2. The molecule has 0 aromatic heterocycles. The summed E-state index contributed by atoms with van der Waals surface area (Å²) in [6.07, 6.45) is -0.0690. The number of rotatable bonds is 4. The topological polar surface area (TPSA) is 59.1 Å². The summed E-state index contributed by atoms with van der Waals surface area (Å²) in [7, 11) is 0. The van der Waals surface area contributed by atoms with Gasteiger partial charge >= 0.3 is 0 Å². The lowest BCUT2D eigenvalue weighted by Crippen LogP contribution is -2.11. The molecule has 2 aromatic rings. The SMILES string of the molecule is CC(Oc1ccc(C(=N)N)c(Cl)c1)c1ccccc1. The van der Waals surface area contributed by atoms with Gasteiger partial charge in [0.05, 0.1) is 5.02 Å². The Morgan fingerprint density at radius 2 is 1.89 bits per heavy atom. The minimum Gasteiger partial charge on any atom is -0.486 e. The Labute approximate surface area is 117 Å². The zero-order chi connectivity index (χ0) is 13.8. The van der Waals surface area contributed by atoms with E-state index in [9.17, 15) is 0 Å². The maximum absolute atomic E-state index is 7.38. The minimum absolute atomic E-state index is 0.0485. The van der Waals surface area contributed by atoms with E-state index in [1.165, 1.54) is 0 Å². The molecule has 0 heterocycles. The molecule has 2 aromatic carbocycles. The van der Waals surface area contributed by atoms with E-state index in [1.54, 1.807) is 18.2 Å². The molecule has 2 rings (SSSR count). The molecule has 0 saturated heterocycles. The molecule has 19 heavy (non-hydrogen) atoms. The zero-order valence-electron chi connectivity index (χ0n) is 10.6. The van der Waals surface area contributed by atoms with Crippen LogP contribution in [0.5, 0.6) is 5.75 Å². The number of benzene rings is 2. The lowest BCUT2D eigenvalue weighted by Gasteiger charge is -2.15. The van der Waals surface area contributed by atoms with Gasteiger partial charge in [-0.05, 0) is 30.7 Å². The number of nitrogen functional groups attached to an aromatic ring is 1. The quantitative estimate of drug-likeness (QED) is 0.659. The van der Waals surface area contributed by atoms with Crippen molar-refractivity contribution < 1.29 is 4.74 Å². The van der Waals surface area contributed by atoms with E-state index < -0.39 is 0 Å². The number of nitrogens with two attached hydrogens (primary N) is 1. The van der Waals surface area contributed by atoms with Gasteiger partial charge in [0.25, 0.3) is 0 Å². The van der Waals surface area contributed by atoms with Crippen molar-refractivity contribution in [1.29, 1.82) is 5.41 Å². The number of amidine groups is 1. The first-order valence-corrected chi connectivity index (χ1v) is 6.31. The average Bonchev–Trinajstić information content (AvgIpc) is 2.39. The average molecular weight is 275 g/mol. The van der Waals surface area contributed by atoms with E-state index in [1.807, 2.05) is 37.3 Å². The Balaban J connectivity index is 2.16. The van der Waals surface area contributed by atoms with Crippen molar-refractivity contribution in [1.82, 2.24) is 0 Å². The zero-order valence-corrected chi connectivity index (χ0v) is 11.3. The first kappa shape index (κ1) is 13.4. The molecule has 0 spiro atoms. The molecule has 0 bridgehead atoms. The molecule has 0 aliphatic rings. The van der Waals surface area contributed by atoms with Crippen LogP contribution in [-0.2, 0) is 0 Å². The monoisotopic (exact) mass is 274 g/mol. The molecule has 1 atom stereocenters. The van der Waals surface area contributed by atoms with Crippen molar-refractivity contribution in [3.8, 4) is 5.75 Å². The van der Waals surface area contributed by atoms with E-state index in [2.05, 4.69) is 0 Å². The van der Waals surface area contributed by atoms with Crippen molar-refractivity contribution in [3.05, 3.63) is 64.7 Å². The lowest BCUT2D eigenvalue weighted by molar-refractivity contribution is 0.227. The van der Waals surface area contributed by atoms with Crippen LogP contribution in [0.15, 0.2) is 48.5 Å². The summed E-state index contributed by atoms with van der Waals surface area (Å²) in [6, 6.07) is 15.1. The summed E-state index contributed by atoms with van der Waals surface area (Å²) in [5.41, 5.74) is 7.02. The van der Waals surface area contributed by atoms with Crippen LogP contribution in [0.1, 0.15) is 24.2 Å². The molecule has 0 amide bonds. The van der Waals surface area contributed by atoms with E-state index in [0.717, 1.165) is 5.56 Å². The first-order chi connectivity index (χ1) is 9.08. The van der Waals surface area contributed by atoms with Gasteiger partial charge in [-0.25, -0.2) is 0 Å². The van der Waals surface area contributed by atoms with Crippen LogP contribution < -0.4 is 10.5 Å². The van der Waals surface area contributed by atoms with Crippen LogP contribution in [0.3, 0.4) is 0 Å². The molecule has 0 radical (unpaired) electrons. The Hall–Kier alpha value is -2.00. The third-order valence-electron chi connectivity index (χ3n) is 2.81. The standard InChI is InChI=1S/C15H15ClN2O/c1-10(11-5-3-2-4-6-11)19-12-7-8-13(15(17)18)14(16)9-12/h2-10H,1H3,(H3,17,18). The predicted octanol–water partition coefficient (Wildman–Crippen LogP) is 3.76. The Bertz CT molecular complexity index is 584. The van der Waals surface area contributed by atoms with Crippen molar-refractivity contribution >= 4 is 17.4 Å². The molecule has 3 N–H and O–H groups in total. The molecule has 98 valence electrons. The van der Waals surface area contributed by atoms with E-state index in [0.29, 0.717) is 16.3 Å². The minimum atomic E-state index is -0.0690. The molecule has 0 aliphatic heterocycles. The predicted molar refractivity (Wildman–Crippen MR) is 78.0 cm³/mol. The van der Waals surface area contributed by atoms with Crippen LogP contribution in [0.4, 0.5) is 0 Å². The van der Waals surface area contributed by atoms with Gasteiger partial charge in [0.1, 0.15) is 17.7 Å². The van der Waals surface area contributed by atoms with Crippen molar-refractivity contribution in [2.45, 2.75) is 13.0 Å². The fraction of sp³-hybridized carbons (Fsp3) is 0.133.